The van der Waals surface area contributed by atoms with Crippen molar-refractivity contribution in [2.45, 2.75) is 0 Å². The first kappa shape index (κ1) is 30.8. The minimum Gasteiger partial charge on any atom is -0.384 e. The molecule has 46 heavy (non-hydrogen) atoms. The van der Waals surface area contributed by atoms with E-state index in [-0.39, 0.29) is 23.6 Å². The number of nitrogens with two attached hydrogens (primary N) is 1. The highest BCUT2D eigenvalue weighted by atomic mass is 16.2. The van der Waals surface area contributed by atoms with Crippen LogP contribution in [-0.2, 0) is 7.05 Å². The molecule has 0 atom stereocenters. The summed E-state index contributed by atoms with van der Waals surface area (Å²) in [5, 5.41) is 23.9. The van der Waals surface area contributed by atoms with Crippen LogP contribution in [0.3, 0.4) is 0 Å². The number of rotatable bonds is 10. The third-order valence-electron chi connectivity index (χ3n) is 6.68. The number of amides is 3. The van der Waals surface area contributed by atoms with Crippen LogP contribution in [0.1, 0.15) is 36.6 Å². The predicted octanol–water partition coefficient (Wildman–Crippen LogP) is 5.66. The average molecular weight is 613 g/mol. The summed E-state index contributed by atoms with van der Waals surface area (Å²) in [6, 6.07) is 30.2. The van der Waals surface area contributed by atoms with Gasteiger partial charge in [-0.1, -0.05) is 5.22 Å². The Balaban J connectivity index is 1.10. The number of carbonyl (C=O) groups excluding carboxylic acids is 3. The van der Waals surface area contributed by atoms with E-state index in [1.807, 2.05) is 23.9 Å². The van der Waals surface area contributed by atoms with Gasteiger partial charge in [0.25, 0.3) is 17.7 Å². The lowest BCUT2D eigenvalue weighted by Gasteiger charge is -2.09. The molecule has 0 fully saturated rings. The minimum atomic E-state index is -0.353. The first-order valence-corrected chi connectivity index (χ1v) is 14.0. The molecule has 228 valence electrons. The standard InChI is InChI=1S/C34H29N9O3/c1-43-20-2-3-30(21-43)39-34(46)25-10-12-26(13-11-25)37-32(44)23-4-6-24(7-5-23)33(45)38-27-16-18-29(19-17-27)41-42-40-28-14-8-22(9-15-28)31(35)36/h2-21H,1H3,(H6-,35,36,37,38,39,40,41,42,44,45,46)/p+1. The number of aryl methyl sites for hydroxylation is 1. The number of nitrogens with one attached hydrogen (secondary N) is 5. The lowest BCUT2D eigenvalue weighted by Crippen LogP contribution is -2.27. The van der Waals surface area contributed by atoms with Crippen molar-refractivity contribution in [3.05, 3.63) is 144 Å². The van der Waals surface area contributed by atoms with Gasteiger partial charge in [0.1, 0.15) is 18.6 Å². The van der Waals surface area contributed by atoms with Crippen LogP contribution in [0.2, 0.25) is 0 Å². The van der Waals surface area contributed by atoms with Crippen LogP contribution in [0.4, 0.5) is 28.4 Å². The maximum atomic E-state index is 12.8. The summed E-state index contributed by atoms with van der Waals surface area (Å²) in [4.78, 5) is 38.1. The zero-order valence-electron chi connectivity index (χ0n) is 24.7. The van der Waals surface area contributed by atoms with Gasteiger partial charge in [-0.05, 0) is 103 Å². The molecule has 0 aliphatic rings. The highest BCUT2D eigenvalue weighted by molar-refractivity contribution is 6.08. The van der Waals surface area contributed by atoms with Crippen LogP contribution in [-0.4, -0.2) is 23.6 Å². The molecule has 0 saturated heterocycles. The Morgan fingerprint density at radius 2 is 1.04 bits per heavy atom. The Morgan fingerprint density at radius 3 is 1.54 bits per heavy atom. The molecule has 0 unspecified atom stereocenters. The summed E-state index contributed by atoms with van der Waals surface area (Å²) in [6.45, 7) is 0. The summed E-state index contributed by atoms with van der Waals surface area (Å²) in [5.41, 5.74) is 13.1. The van der Waals surface area contributed by atoms with Gasteiger partial charge < -0.3 is 21.7 Å². The fraction of sp³-hybridized carbons (Fsp3) is 0.0294. The van der Waals surface area contributed by atoms with E-state index in [4.69, 9.17) is 11.1 Å². The Kier molecular flexibility index (Phi) is 9.49. The van der Waals surface area contributed by atoms with Gasteiger partial charge in [0.05, 0.1) is 11.4 Å². The van der Waals surface area contributed by atoms with Crippen molar-refractivity contribution in [2.24, 2.45) is 23.1 Å². The molecule has 0 aliphatic heterocycles. The van der Waals surface area contributed by atoms with Crippen LogP contribution >= 0.6 is 0 Å². The van der Waals surface area contributed by atoms with Crippen molar-refractivity contribution in [3.63, 3.8) is 0 Å². The molecule has 7 N–H and O–H groups in total. The van der Waals surface area contributed by atoms with Gasteiger partial charge in [-0.3, -0.25) is 25.2 Å². The average Bonchev–Trinajstić information content (AvgIpc) is 3.06. The number of hydrogen-bond acceptors (Lipinski definition) is 6. The molecule has 0 saturated carbocycles. The number of hydrogen-bond donors (Lipinski definition) is 6. The largest absolute Gasteiger partial charge is 0.384 e. The number of anilines is 4. The van der Waals surface area contributed by atoms with Crippen molar-refractivity contribution >= 4 is 52.0 Å². The number of pyridine rings is 1. The molecule has 0 spiro atoms. The Labute approximate surface area is 264 Å². The first-order chi connectivity index (χ1) is 22.2. The Hall–Kier alpha value is -6.69. The summed E-state index contributed by atoms with van der Waals surface area (Å²) in [5.74, 6) is -0.966. The Morgan fingerprint density at radius 1 is 0.609 bits per heavy atom. The lowest BCUT2D eigenvalue weighted by atomic mass is 10.1. The highest BCUT2D eigenvalue weighted by Gasteiger charge is 2.12. The SMILES string of the molecule is C[n+]1cccc(NC(=O)c2ccc(NC(=O)c3ccc(C(=O)Nc4ccc(NN=Nc5ccc(C(=N)N)cc5)cc4)cc3)cc2)c1. The maximum absolute atomic E-state index is 12.8. The number of nitrogen functional groups attached to an aromatic ring is 1. The molecule has 0 aliphatic carbocycles. The molecule has 1 aromatic heterocycles. The molecule has 5 rings (SSSR count). The smallest absolute Gasteiger partial charge is 0.255 e. The highest BCUT2D eigenvalue weighted by Crippen LogP contribution is 2.18. The second-order valence-electron chi connectivity index (χ2n) is 10.1. The van der Waals surface area contributed by atoms with Crippen LogP contribution < -0.4 is 31.7 Å². The van der Waals surface area contributed by atoms with Crippen molar-refractivity contribution < 1.29 is 19.0 Å². The fourth-order valence-electron chi connectivity index (χ4n) is 4.23. The van der Waals surface area contributed by atoms with E-state index in [1.54, 1.807) is 109 Å². The quantitative estimate of drug-likeness (QED) is 0.0391. The summed E-state index contributed by atoms with van der Waals surface area (Å²) in [6.07, 6.45) is 3.67. The molecule has 0 radical (unpaired) electrons. The van der Waals surface area contributed by atoms with Gasteiger partial charge in [0.2, 0.25) is 0 Å². The topological polar surface area (TPSA) is 178 Å². The van der Waals surface area contributed by atoms with Gasteiger partial charge >= 0.3 is 0 Å². The molecular formula is C34H30N9O3+. The summed E-state index contributed by atoms with van der Waals surface area (Å²) >= 11 is 0. The molecule has 0 bridgehead atoms. The molecule has 5 aromatic rings. The number of nitrogens with zero attached hydrogens (tertiary/aromatic N) is 3. The molecule has 12 heteroatoms. The van der Waals surface area contributed by atoms with Gasteiger partial charge in [0, 0.05) is 39.7 Å². The molecule has 4 aromatic carbocycles. The second-order valence-corrected chi connectivity index (χ2v) is 10.1. The normalized spacial score (nSPS) is 10.6. The zero-order chi connectivity index (χ0) is 32.5. The third kappa shape index (κ3) is 8.23. The second kappa shape index (κ2) is 14.2. The van der Waals surface area contributed by atoms with Crippen LogP contribution in [0.5, 0.6) is 0 Å². The molecule has 1 heterocycles. The van der Waals surface area contributed by atoms with E-state index in [0.717, 1.165) is 0 Å². The monoisotopic (exact) mass is 612 g/mol. The van der Waals surface area contributed by atoms with Crippen LogP contribution in [0, 0.1) is 5.41 Å². The number of aromatic nitrogens is 1. The van der Waals surface area contributed by atoms with E-state index in [2.05, 4.69) is 31.7 Å². The third-order valence-corrected chi connectivity index (χ3v) is 6.68. The van der Waals surface area contributed by atoms with Crippen LogP contribution in [0.15, 0.2) is 132 Å². The van der Waals surface area contributed by atoms with Gasteiger partial charge in [0.15, 0.2) is 12.4 Å². The maximum Gasteiger partial charge on any atom is 0.255 e. The predicted molar refractivity (Wildman–Crippen MR) is 176 cm³/mol. The van der Waals surface area contributed by atoms with E-state index in [9.17, 15) is 14.4 Å². The number of carbonyl (C=O) groups is 3. The van der Waals surface area contributed by atoms with E-state index in [0.29, 0.717) is 50.7 Å². The summed E-state index contributed by atoms with van der Waals surface area (Å²) in [7, 11) is 1.87. The van der Waals surface area contributed by atoms with Crippen molar-refractivity contribution in [1.82, 2.24) is 0 Å². The number of benzene rings is 4. The van der Waals surface area contributed by atoms with Gasteiger partial charge in [-0.2, -0.15) is 0 Å². The molecule has 12 nitrogen and oxygen atoms in total. The van der Waals surface area contributed by atoms with E-state index < -0.39 is 0 Å². The van der Waals surface area contributed by atoms with Gasteiger partial charge in [-0.15, -0.1) is 5.11 Å². The number of amidine groups is 1. The van der Waals surface area contributed by atoms with Crippen molar-refractivity contribution in [2.75, 3.05) is 21.4 Å². The minimum absolute atomic E-state index is 0.0183. The lowest BCUT2D eigenvalue weighted by molar-refractivity contribution is -0.670. The van der Waals surface area contributed by atoms with E-state index >= 15 is 0 Å². The van der Waals surface area contributed by atoms with Gasteiger partial charge in [-0.25, -0.2) is 4.57 Å². The molecular weight excluding hydrogens is 582 g/mol. The van der Waals surface area contributed by atoms with Crippen molar-refractivity contribution in [1.29, 1.82) is 5.41 Å². The van der Waals surface area contributed by atoms with E-state index in [1.165, 1.54) is 0 Å². The zero-order valence-corrected chi connectivity index (χ0v) is 24.7. The Bertz CT molecular complexity index is 1900. The fourth-order valence-corrected chi connectivity index (χ4v) is 4.23. The van der Waals surface area contributed by atoms with Crippen molar-refractivity contribution in [3.8, 4) is 0 Å². The van der Waals surface area contributed by atoms with Crippen LogP contribution in [0.25, 0.3) is 0 Å². The first-order valence-electron chi connectivity index (χ1n) is 14.0. The molecule has 3 amide bonds. The summed E-state index contributed by atoms with van der Waals surface area (Å²) < 4.78 is 1.84.